The molecule has 0 amide bonds. The highest BCUT2D eigenvalue weighted by atomic mass is 16.6. The molecule has 4 saturated carbocycles. The second-order valence-corrected chi connectivity index (χ2v) is 16.8. The zero-order valence-corrected chi connectivity index (χ0v) is 28.7. The van der Waals surface area contributed by atoms with Crippen LogP contribution in [0.1, 0.15) is 121 Å². The number of esters is 2. The lowest BCUT2D eigenvalue weighted by Gasteiger charge is -2.70. The van der Waals surface area contributed by atoms with Gasteiger partial charge in [0.15, 0.2) is 0 Å². The summed E-state index contributed by atoms with van der Waals surface area (Å²) in [7, 11) is 0. The molecule has 0 aliphatic heterocycles. The highest BCUT2D eigenvalue weighted by Gasteiger charge is 2.74. The van der Waals surface area contributed by atoms with Gasteiger partial charge in [-0.2, -0.15) is 0 Å². The topological polar surface area (TPSA) is 130 Å². The summed E-state index contributed by atoms with van der Waals surface area (Å²) < 4.78 is 12.3. The number of aliphatic hydroxyl groups is 2. The molecule has 0 spiro atoms. The maximum Gasteiger partial charge on any atom is 0.331 e. The Kier molecular flexibility index (Phi) is 9.54. The molecule has 4 fully saturated rings. The quantitative estimate of drug-likeness (QED) is 0.223. The van der Waals surface area contributed by atoms with E-state index in [4.69, 9.17) is 9.47 Å². The maximum atomic E-state index is 13.4. The molecule has 44 heavy (non-hydrogen) atoms. The van der Waals surface area contributed by atoms with Crippen molar-refractivity contribution in [3.63, 3.8) is 0 Å². The fourth-order valence-corrected chi connectivity index (χ4v) is 10.4. The third-order valence-corrected chi connectivity index (χ3v) is 12.8. The van der Waals surface area contributed by atoms with Gasteiger partial charge in [-0.25, -0.2) is 4.79 Å². The van der Waals surface area contributed by atoms with Gasteiger partial charge in [0.05, 0.1) is 17.6 Å². The summed E-state index contributed by atoms with van der Waals surface area (Å²) in [5.74, 6) is -1.97. The number of carboxylic acids is 1. The summed E-state index contributed by atoms with van der Waals surface area (Å²) in [6, 6.07) is 0. The average molecular weight is 619 g/mol. The van der Waals surface area contributed by atoms with Crippen molar-refractivity contribution in [3.05, 3.63) is 11.1 Å². The van der Waals surface area contributed by atoms with Crippen molar-refractivity contribution in [2.75, 3.05) is 0 Å². The van der Waals surface area contributed by atoms with E-state index in [0.29, 0.717) is 36.3 Å². The summed E-state index contributed by atoms with van der Waals surface area (Å²) in [6.45, 7) is 19.5. The van der Waals surface area contributed by atoms with Gasteiger partial charge in [0, 0.05) is 23.8 Å². The van der Waals surface area contributed by atoms with E-state index in [1.54, 1.807) is 20.8 Å². The van der Waals surface area contributed by atoms with Crippen LogP contribution in [0.3, 0.4) is 0 Å². The SMILES string of the molecule is CC(=O)OC1CC2(C)C(CCC3C4(C)CCC(O)C(C)C4C(OC(=O)C(C)(C)C)C(O)C32C)/C1=C(\CCCC(C)C)C(=O)O. The van der Waals surface area contributed by atoms with E-state index in [-0.39, 0.29) is 35.1 Å². The standard InChI is InChI=1S/C36H58O8/c1-19(2)12-11-13-22(31(40)41)27-23-14-15-26-34(8)17-16-24(38)20(3)28(34)29(44-32(42)33(5,6)7)30(39)36(26,10)35(23,9)18-25(27)43-21(4)37/h19-20,23-26,28-30,38-39H,11-18H2,1-10H3,(H,40,41)/b27-22-. The van der Waals surface area contributed by atoms with Crippen molar-refractivity contribution in [1.29, 1.82) is 0 Å². The minimum Gasteiger partial charge on any atom is -0.478 e. The van der Waals surface area contributed by atoms with E-state index in [1.165, 1.54) is 6.92 Å². The number of rotatable bonds is 7. The lowest BCUT2D eigenvalue weighted by atomic mass is 9.35. The van der Waals surface area contributed by atoms with Gasteiger partial charge in [0.1, 0.15) is 12.2 Å². The molecule has 4 aliphatic rings. The highest BCUT2D eigenvalue weighted by molar-refractivity contribution is 5.88. The van der Waals surface area contributed by atoms with Crippen molar-refractivity contribution >= 4 is 17.9 Å². The van der Waals surface area contributed by atoms with Crippen LogP contribution < -0.4 is 0 Å². The molecule has 8 nitrogen and oxygen atoms in total. The Morgan fingerprint density at radius 2 is 1.66 bits per heavy atom. The molecule has 0 aromatic heterocycles. The van der Waals surface area contributed by atoms with Crippen LogP contribution in [0.25, 0.3) is 0 Å². The van der Waals surface area contributed by atoms with Crippen LogP contribution in [0.15, 0.2) is 11.1 Å². The van der Waals surface area contributed by atoms with E-state index >= 15 is 0 Å². The maximum absolute atomic E-state index is 13.4. The molecule has 0 saturated heterocycles. The molecular weight excluding hydrogens is 560 g/mol. The number of ether oxygens (including phenoxy) is 2. The Labute approximate surface area is 264 Å². The molecule has 0 aromatic rings. The van der Waals surface area contributed by atoms with Crippen molar-refractivity contribution in [1.82, 2.24) is 0 Å². The molecule has 11 atom stereocenters. The molecule has 3 N–H and O–H groups in total. The van der Waals surface area contributed by atoms with Crippen LogP contribution in [0.4, 0.5) is 0 Å². The minimum absolute atomic E-state index is 0.0299. The lowest BCUT2D eigenvalue weighted by Crippen LogP contribution is -2.72. The summed E-state index contributed by atoms with van der Waals surface area (Å²) in [5, 5.41) is 34.2. The summed E-state index contributed by atoms with van der Waals surface area (Å²) in [6.07, 6.45) is 2.16. The largest absolute Gasteiger partial charge is 0.478 e. The first-order valence-electron chi connectivity index (χ1n) is 16.9. The van der Waals surface area contributed by atoms with E-state index in [9.17, 15) is 29.7 Å². The number of hydrogen-bond acceptors (Lipinski definition) is 7. The van der Waals surface area contributed by atoms with E-state index in [2.05, 4.69) is 34.6 Å². The first-order valence-corrected chi connectivity index (χ1v) is 16.9. The summed E-state index contributed by atoms with van der Waals surface area (Å²) >= 11 is 0. The molecule has 0 bridgehead atoms. The van der Waals surface area contributed by atoms with Gasteiger partial charge in [-0.05, 0) is 106 Å². The average Bonchev–Trinajstić information content (AvgIpc) is 3.18. The van der Waals surface area contributed by atoms with Crippen LogP contribution >= 0.6 is 0 Å². The second kappa shape index (κ2) is 12.0. The van der Waals surface area contributed by atoms with Crippen LogP contribution in [0.2, 0.25) is 0 Å². The first kappa shape index (κ1) is 34.9. The molecule has 0 radical (unpaired) electrons. The summed E-state index contributed by atoms with van der Waals surface area (Å²) in [4.78, 5) is 38.7. The number of carboxylic acid groups (broad SMARTS) is 1. The Morgan fingerprint density at radius 1 is 1.02 bits per heavy atom. The van der Waals surface area contributed by atoms with Gasteiger partial charge in [0.2, 0.25) is 0 Å². The molecule has 0 heterocycles. The van der Waals surface area contributed by atoms with Gasteiger partial charge < -0.3 is 24.8 Å². The molecule has 11 unspecified atom stereocenters. The van der Waals surface area contributed by atoms with Gasteiger partial charge >= 0.3 is 17.9 Å². The molecular formula is C36H58O8. The Bertz CT molecular complexity index is 1170. The van der Waals surface area contributed by atoms with Gasteiger partial charge in [0.25, 0.3) is 0 Å². The van der Waals surface area contributed by atoms with Gasteiger partial charge in [-0.3, -0.25) is 9.59 Å². The number of hydrogen-bond donors (Lipinski definition) is 3. The van der Waals surface area contributed by atoms with Crippen molar-refractivity contribution in [3.8, 4) is 0 Å². The number of aliphatic hydroxyl groups excluding tert-OH is 2. The smallest absolute Gasteiger partial charge is 0.331 e. The van der Waals surface area contributed by atoms with E-state index in [0.717, 1.165) is 32.1 Å². The van der Waals surface area contributed by atoms with Gasteiger partial charge in [-0.15, -0.1) is 0 Å². The van der Waals surface area contributed by atoms with Crippen molar-refractivity contribution in [2.24, 2.45) is 51.2 Å². The monoisotopic (exact) mass is 618 g/mol. The first-order chi connectivity index (χ1) is 20.2. The number of carbonyl (C=O) groups excluding carboxylic acids is 2. The number of fused-ring (bicyclic) bond motifs is 5. The third-order valence-electron chi connectivity index (χ3n) is 12.8. The van der Waals surface area contributed by atoms with Crippen LogP contribution in [0.5, 0.6) is 0 Å². The van der Waals surface area contributed by atoms with E-state index < -0.39 is 52.6 Å². The lowest BCUT2D eigenvalue weighted by molar-refractivity contribution is -0.290. The molecule has 4 rings (SSSR count). The predicted octanol–water partition coefficient (Wildman–Crippen LogP) is 6.31. The highest BCUT2D eigenvalue weighted by Crippen LogP contribution is 2.74. The Balaban J connectivity index is 1.89. The number of aliphatic carboxylic acids is 1. The van der Waals surface area contributed by atoms with Gasteiger partial charge in [-0.1, -0.05) is 48.0 Å². The molecule has 8 heteroatoms. The fourth-order valence-electron chi connectivity index (χ4n) is 10.4. The second-order valence-electron chi connectivity index (χ2n) is 16.8. The van der Waals surface area contributed by atoms with Crippen molar-refractivity contribution in [2.45, 2.75) is 145 Å². The zero-order valence-electron chi connectivity index (χ0n) is 28.7. The third kappa shape index (κ3) is 5.54. The molecule has 4 aliphatic carbocycles. The van der Waals surface area contributed by atoms with E-state index in [1.807, 2.05) is 6.92 Å². The number of carbonyl (C=O) groups is 3. The normalized spacial score (nSPS) is 43.0. The zero-order chi connectivity index (χ0) is 33.2. The molecule has 0 aromatic carbocycles. The summed E-state index contributed by atoms with van der Waals surface area (Å²) in [5.41, 5.74) is -1.49. The fraction of sp³-hybridized carbons (Fsp3) is 0.861. The van der Waals surface area contributed by atoms with Crippen LogP contribution in [-0.4, -0.2) is 57.6 Å². The Hall–Kier alpha value is -1.93. The Morgan fingerprint density at radius 3 is 2.20 bits per heavy atom. The van der Waals surface area contributed by atoms with Crippen molar-refractivity contribution < 1.29 is 39.2 Å². The predicted molar refractivity (Wildman–Crippen MR) is 167 cm³/mol. The molecule has 250 valence electrons. The van der Waals surface area contributed by atoms with Crippen LogP contribution in [-0.2, 0) is 23.9 Å². The van der Waals surface area contributed by atoms with Crippen LogP contribution in [0, 0.1) is 51.2 Å². The minimum atomic E-state index is -1.05.